The number of rotatable bonds is 5. The van der Waals surface area contributed by atoms with E-state index in [0.717, 1.165) is 13.0 Å². The van der Waals surface area contributed by atoms with Crippen LogP contribution in [0.1, 0.15) is 27.2 Å². The van der Waals surface area contributed by atoms with Crippen LogP contribution >= 0.6 is 0 Å². The van der Waals surface area contributed by atoms with Crippen LogP contribution in [0.25, 0.3) is 0 Å². The second-order valence-corrected chi connectivity index (χ2v) is 5.29. The van der Waals surface area contributed by atoms with Gasteiger partial charge in [0.25, 0.3) is 0 Å². The van der Waals surface area contributed by atoms with Crippen LogP contribution in [0.15, 0.2) is 0 Å². The largest absolute Gasteiger partial charge is 0.461 e. The Morgan fingerprint density at radius 3 is 2.65 bits per heavy atom. The lowest BCUT2D eigenvalue weighted by Crippen LogP contribution is -2.26. The maximum atomic E-state index is 9.65. The summed E-state index contributed by atoms with van der Waals surface area (Å²) in [5.41, 5.74) is 2.42. The molecule has 1 fully saturated rings. The van der Waals surface area contributed by atoms with Gasteiger partial charge in [0.2, 0.25) is 11.9 Å². The van der Waals surface area contributed by atoms with Gasteiger partial charge < -0.3 is 14.7 Å². The quantitative estimate of drug-likeness (QED) is 0.517. The molecule has 1 aliphatic heterocycles. The molecule has 0 aromatic carbocycles. The van der Waals surface area contributed by atoms with Crippen molar-refractivity contribution < 1.29 is 9.84 Å². The highest BCUT2D eigenvalue weighted by Crippen LogP contribution is 2.25. The van der Waals surface area contributed by atoms with Crippen molar-refractivity contribution in [1.82, 2.24) is 15.0 Å². The summed E-state index contributed by atoms with van der Waals surface area (Å²) in [6.07, 6.45) is 0.551. The van der Waals surface area contributed by atoms with E-state index in [1.54, 1.807) is 0 Å². The molecular formula is C12H22N6O2. The lowest BCUT2D eigenvalue weighted by molar-refractivity contribution is 0.136. The van der Waals surface area contributed by atoms with E-state index >= 15 is 0 Å². The molecule has 2 atom stereocenters. The highest BCUT2D eigenvalue weighted by Gasteiger charge is 2.28. The number of anilines is 2. The Bertz CT molecular complexity index is 454. The molecule has 8 heteroatoms. The summed E-state index contributed by atoms with van der Waals surface area (Å²) < 4.78 is 5.50. The van der Waals surface area contributed by atoms with Gasteiger partial charge in [0.1, 0.15) is 0 Å². The molecule has 4 N–H and O–H groups in total. The van der Waals surface area contributed by atoms with E-state index in [1.165, 1.54) is 0 Å². The number of nitrogens with zero attached hydrogens (tertiary/aromatic N) is 4. The number of aromatic nitrogens is 3. The predicted molar refractivity (Wildman–Crippen MR) is 75.4 cm³/mol. The second kappa shape index (κ2) is 6.19. The molecule has 0 radical (unpaired) electrons. The molecule has 1 aliphatic rings. The molecule has 1 aromatic heterocycles. The van der Waals surface area contributed by atoms with Gasteiger partial charge in [-0.15, -0.1) is 0 Å². The third kappa shape index (κ3) is 3.45. The summed E-state index contributed by atoms with van der Waals surface area (Å²) in [5.74, 6) is 6.40. The zero-order valence-corrected chi connectivity index (χ0v) is 12.1. The fourth-order valence-electron chi connectivity index (χ4n) is 2.18. The van der Waals surface area contributed by atoms with Crippen molar-refractivity contribution in [3.8, 4) is 6.01 Å². The van der Waals surface area contributed by atoms with Gasteiger partial charge in [0.15, 0.2) is 0 Å². The van der Waals surface area contributed by atoms with E-state index < -0.39 is 0 Å². The zero-order valence-electron chi connectivity index (χ0n) is 12.1. The van der Waals surface area contributed by atoms with Crippen LogP contribution < -0.4 is 20.9 Å². The number of nitrogen functional groups attached to an aromatic ring is 1. The maximum Gasteiger partial charge on any atom is 0.323 e. The molecule has 0 saturated carbocycles. The van der Waals surface area contributed by atoms with Gasteiger partial charge >= 0.3 is 6.01 Å². The average Bonchev–Trinajstić information content (AvgIpc) is 2.87. The molecule has 112 valence electrons. The van der Waals surface area contributed by atoms with Crippen molar-refractivity contribution in [3.63, 3.8) is 0 Å². The minimum Gasteiger partial charge on any atom is -0.461 e. The maximum absolute atomic E-state index is 9.65. The summed E-state index contributed by atoms with van der Waals surface area (Å²) in [5, 5.41) is 9.65. The molecule has 0 spiro atoms. The summed E-state index contributed by atoms with van der Waals surface area (Å²) in [6.45, 7) is 7.12. The van der Waals surface area contributed by atoms with Gasteiger partial charge in [-0.25, -0.2) is 5.84 Å². The highest BCUT2D eigenvalue weighted by atomic mass is 16.5. The van der Waals surface area contributed by atoms with E-state index in [-0.39, 0.29) is 30.1 Å². The van der Waals surface area contributed by atoms with Crippen LogP contribution in [0.2, 0.25) is 0 Å². The van der Waals surface area contributed by atoms with Crippen molar-refractivity contribution in [2.75, 3.05) is 23.4 Å². The summed E-state index contributed by atoms with van der Waals surface area (Å²) in [4.78, 5) is 14.6. The van der Waals surface area contributed by atoms with Crippen molar-refractivity contribution >= 4 is 11.9 Å². The SMILES string of the molecule is CC(C)Oc1nc(NN)nc(N2CCC(C(C)O)C2)n1. The molecule has 0 amide bonds. The highest BCUT2D eigenvalue weighted by molar-refractivity contribution is 5.38. The molecule has 2 unspecified atom stereocenters. The fourth-order valence-corrected chi connectivity index (χ4v) is 2.18. The average molecular weight is 282 g/mol. The molecule has 0 aliphatic carbocycles. The van der Waals surface area contributed by atoms with Gasteiger partial charge in [0.05, 0.1) is 12.2 Å². The van der Waals surface area contributed by atoms with Gasteiger partial charge in [-0.1, -0.05) is 0 Å². The normalized spacial score (nSPS) is 20.3. The number of aliphatic hydroxyl groups is 1. The molecule has 1 saturated heterocycles. The van der Waals surface area contributed by atoms with Crippen LogP contribution in [-0.2, 0) is 0 Å². The number of nitrogens with one attached hydrogen (secondary N) is 1. The zero-order chi connectivity index (χ0) is 14.7. The Balaban J connectivity index is 2.18. The topological polar surface area (TPSA) is 109 Å². The van der Waals surface area contributed by atoms with Crippen molar-refractivity contribution in [2.24, 2.45) is 11.8 Å². The second-order valence-electron chi connectivity index (χ2n) is 5.29. The van der Waals surface area contributed by atoms with E-state index in [1.807, 2.05) is 25.7 Å². The summed E-state index contributed by atoms with van der Waals surface area (Å²) in [6, 6.07) is 0.249. The fraction of sp³-hybridized carbons (Fsp3) is 0.750. The molecule has 2 heterocycles. The number of hydrazine groups is 1. The van der Waals surface area contributed by atoms with Crippen LogP contribution in [0.4, 0.5) is 11.9 Å². The number of hydrogen-bond acceptors (Lipinski definition) is 8. The Kier molecular flexibility index (Phi) is 4.56. The van der Waals surface area contributed by atoms with Gasteiger partial charge in [-0.3, -0.25) is 5.43 Å². The monoisotopic (exact) mass is 282 g/mol. The van der Waals surface area contributed by atoms with Gasteiger partial charge in [-0.2, -0.15) is 15.0 Å². The molecule has 0 bridgehead atoms. The Morgan fingerprint density at radius 1 is 1.35 bits per heavy atom. The first kappa shape index (κ1) is 14.7. The van der Waals surface area contributed by atoms with Crippen LogP contribution in [0, 0.1) is 5.92 Å². The van der Waals surface area contributed by atoms with Crippen LogP contribution in [0.3, 0.4) is 0 Å². The first-order valence-electron chi connectivity index (χ1n) is 6.82. The molecule has 20 heavy (non-hydrogen) atoms. The van der Waals surface area contributed by atoms with E-state index in [4.69, 9.17) is 10.6 Å². The summed E-state index contributed by atoms with van der Waals surface area (Å²) >= 11 is 0. The van der Waals surface area contributed by atoms with Crippen molar-refractivity contribution in [3.05, 3.63) is 0 Å². The Labute approximate surface area is 118 Å². The third-order valence-corrected chi connectivity index (χ3v) is 3.26. The predicted octanol–water partition coefficient (Wildman–Crippen LogP) is 0.152. The minimum atomic E-state index is -0.333. The third-order valence-electron chi connectivity index (χ3n) is 3.26. The lowest BCUT2D eigenvalue weighted by Gasteiger charge is -2.18. The van der Waals surface area contributed by atoms with E-state index in [0.29, 0.717) is 12.5 Å². The minimum absolute atomic E-state index is 0.0281. The molecular weight excluding hydrogens is 260 g/mol. The number of nitrogens with two attached hydrogens (primary N) is 1. The first-order chi connectivity index (χ1) is 9.49. The van der Waals surface area contributed by atoms with Gasteiger partial charge in [0, 0.05) is 19.0 Å². The number of hydrogen-bond donors (Lipinski definition) is 3. The number of aliphatic hydroxyl groups excluding tert-OH is 1. The molecule has 2 rings (SSSR count). The standard InChI is InChI=1S/C12H22N6O2/c1-7(2)20-12-15-10(17-13)14-11(16-12)18-5-4-9(6-18)8(3)19/h7-9,19H,4-6,13H2,1-3H3,(H,14,15,16,17). The number of ether oxygens (including phenoxy) is 1. The Morgan fingerprint density at radius 2 is 2.10 bits per heavy atom. The Hall–Kier alpha value is -1.67. The molecule has 1 aromatic rings. The van der Waals surface area contributed by atoms with Crippen LogP contribution in [-0.4, -0.2) is 45.4 Å². The first-order valence-corrected chi connectivity index (χ1v) is 6.82. The van der Waals surface area contributed by atoms with E-state index in [9.17, 15) is 5.11 Å². The van der Waals surface area contributed by atoms with E-state index in [2.05, 4.69) is 20.4 Å². The summed E-state index contributed by atoms with van der Waals surface area (Å²) in [7, 11) is 0. The van der Waals surface area contributed by atoms with Crippen LogP contribution in [0.5, 0.6) is 6.01 Å². The smallest absolute Gasteiger partial charge is 0.323 e. The molecule has 8 nitrogen and oxygen atoms in total. The van der Waals surface area contributed by atoms with Crippen molar-refractivity contribution in [2.45, 2.75) is 39.4 Å². The lowest BCUT2D eigenvalue weighted by atomic mass is 10.0. The van der Waals surface area contributed by atoms with Crippen molar-refractivity contribution in [1.29, 1.82) is 0 Å². The van der Waals surface area contributed by atoms with Gasteiger partial charge in [-0.05, 0) is 27.2 Å².